The van der Waals surface area contributed by atoms with Crippen LogP contribution in [0.3, 0.4) is 0 Å². The summed E-state index contributed by atoms with van der Waals surface area (Å²) < 4.78 is 13.5. The van der Waals surface area contributed by atoms with Crippen LogP contribution in [0.4, 0.5) is 4.39 Å². The van der Waals surface area contributed by atoms with E-state index in [4.69, 9.17) is 0 Å². The summed E-state index contributed by atoms with van der Waals surface area (Å²) in [4.78, 5) is 23.7. The van der Waals surface area contributed by atoms with Crippen LogP contribution in [-0.4, -0.2) is 27.3 Å². The van der Waals surface area contributed by atoms with Gasteiger partial charge in [-0.3, -0.25) is 14.8 Å². The first-order valence-corrected chi connectivity index (χ1v) is 8.41. The minimum absolute atomic E-state index is 0.0326. The number of aryl methyl sites for hydroxylation is 1. The van der Waals surface area contributed by atoms with E-state index in [9.17, 15) is 9.18 Å². The summed E-state index contributed by atoms with van der Waals surface area (Å²) in [5.41, 5.74) is 2.85. The number of carbonyl (C=O) groups is 1. The molecule has 1 amide bonds. The van der Waals surface area contributed by atoms with Crippen molar-refractivity contribution in [3.05, 3.63) is 71.4 Å². The van der Waals surface area contributed by atoms with Crippen molar-refractivity contribution in [1.82, 2.24) is 14.9 Å². The first-order chi connectivity index (χ1) is 12.1. The summed E-state index contributed by atoms with van der Waals surface area (Å²) in [5.74, 6) is -0.383. The van der Waals surface area contributed by atoms with Gasteiger partial charge in [0.05, 0.1) is 17.1 Å². The molecule has 2 aromatic heterocycles. The number of hydrogen-bond donors (Lipinski definition) is 0. The smallest absolute Gasteiger partial charge is 0.255 e. The number of aromatic nitrogens is 2. The van der Waals surface area contributed by atoms with Crippen LogP contribution in [0.2, 0.25) is 0 Å². The van der Waals surface area contributed by atoms with Crippen molar-refractivity contribution in [3.8, 4) is 0 Å². The maximum atomic E-state index is 13.5. The molecule has 0 aliphatic carbocycles. The van der Waals surface area contributed by atoms with E-state index in [2.05, 4.69) is 9.97 Å². The average molecular weight is 335 g/mol. The Morgan fingerprint density at radius 3 is 2.96 bits per heavy atom. The van der Waals surface area contributed by atoms with E-state index in [0.717, 1.165) is 18.4 Å². The predicted molar refractivity (Wildman–Crippen MR) is 93.7 cm³/mol. The lowest BCUT2D eigenvalue weighted by molar-refractivity contribution is 0.0737. The highest BCUT2D eigenvalue weighted by Crippen LogP contribution is 2.34. The van der Waals surface area contributed by atoms with Gasteiger partial charge in [-0.1, -0.05) is 6.07 Å². The van der Waals surface area contributed by atoms with Gasteiger partial charge in [-0.25, -0.2) is 4.39 Å². The molecule has 0 bridgehead atoms. The fourth-order valence-electron chi connectivity index (χ4n) is 3.60. The summed E-state index contributed by atoms with van der Waals surface area (Å²) >= 11 is 0. The maximum Gasteiger partial charge on any atom is 0.255 e. The molecule has 126 valence electrons. The van der Waals surface area contributed by atoms with E-state index in [0.29, 0.717) is 28.7 Å². The van der Waals surface area contributed by atoms with Crippen LogP contribution in [-0.2, 0) is 0 Å². The van der Waals surface area contributed by atoms with Gasteiger partial charge in [-0.2, -0.15) is 0 Å². The Balaban J connectivity index is 1.77. The Morgan fingerprint density at radius 1 is 1.28 bits per heavy atom. The number of carbonyl (C=O) groups excluding carboxylic acids is 1. The van der Waals surface area contributed by atoms with E-state index in [1.165, 1.54) is 12.1 Å². The van der Waals surface area contributed by atoms with E-state index in [1.54, 1.807) is 18.3 Å². The highest BCUT2D eigenvalue weighted by atomic mass is 19.1. The molecule has 0 N–H and O–H groups in total. The van der Waals surface area contributed by atoms with E-state index >= 15 is 0 Å². The molecule has 1 aliphatic heterocycles. The van der Waals surface area contributed by atoms with Gasteiger partial charge >= 0.3 is 0 Å². The minimum Gasteiger partial charge on any atom is -0.332 e. The quantitative estimate of drug-likeness (QED) is 0.709. The highest BCUT2D eigenvalue weighted by Gasteiger charge is 2.31. The van der Waals surface area contributed by atoms with Crippen molar-refractivity contribution in [1.29, 1.82) is 0 Å². The molecule has 4 nitrogen and oxygen atoms in total. The molecule has 25 heavy (non-hydrogen) atoms. The molecule has 4 rings (SSSR count). The number of nitrogens with zero attached hydrogens (tertiary/aromatic N) is 3. The minimum atomic E-state index is -0.349. The average Bonchev–Trinajstić information content (AvgIpc) is 3.10. The van der Waals surface area contributed by atoms with Crippen LogP contribution in [0, 0.1) is 12.7 Å². The first kappa shape index (κ1) is 15.7. The molecule has 1 aromatic carbocycles. The van der Waals surface area contributed by atoms with Crippen molar-refractivity contribution >= 4 is 16.8 Å². The summed E-state index contributed by atoms with van der Waals surface area (Å²) in [6, 6.07) is 10.1. The number of amides is 1. The molecule has 1 fully saturated rings. The Kier molecular flexibility index (Phi) is 3.92. The molecular formula is C20H18FN3O. The van der Waals surface area contributed by atoms with Crippen LogP contribution >= 0.6 is 0 Å². The molecule has 5 heteroatoms. The Morgan fingerprint density at radius 2 is 2.16 bits per heavy atom. The molecule has 0 spiro atoms. The van der Waals surface area contributed by atoms with Crippen molar-refractivity contribution in [2.24, 2.45) is 0 Å². The van der Waals surface area contributed by atoms with Gasteiger partial charge < -0.3 is 4.90 Å². The third-order valence-electron chi connectivity index (χ3n) is 4.71. The number of halogens is 1. The second-order valence-electron chi connectivity index (χ2n) is 6.42. The van der Waals surface area contributed by atoms with E-state index in [-0.39, 0.29) is 17.8 Å². The van der Waals surface area contributed by atoms with Gasteiger partial charge in [-0.05, 0) is 49.6 Å². The molecule has 1 aliphatic rings. The van der Waals surface area contributed by atoms with Gasteiger partial charge in [0.1, 0.15) is 5.82 Å². The van der Waals surface area contributed by atoms with Crippen molar-refractivity contribution in [2.75, 3.05) is 6.54 Å². The monoisotopic (exact) mass is 335 g/mol. The molecule has 1 atom stereocenters. The fourth-order valence-corrected chi connectivity index (χ4v) is 3.60. The molecule has 3 aromatic rings. The van der Waals surface area contributed by atoms with Crippen molar-refractivity contribution in [2.45, 2.75) is 25.8 Å². The van der Waals surface area contributed by atoms with Crippen LogP contribution in [0.15, 0.2) is 48.8 Å². The van der Waals surface area contributed by atoms with Crippen LogP contribution < -0.4 is 0 Å². The third-order valence-corrected chi connectivity index (χ3v) is 4.71. The maximum absolute atomic E-state index is 13.5. The lowest BCUT2D eigenvalue weighted by atomic mass is 10.0. The predicted octanol–water partition coefficient (Wildman–Crippen LogP) is 4.05. The molecule has 1 saturated heterocycles. The first-order valence-electron chi connectivity index (χ1n) is 8.41. The zero-order chi connectivity index (χ0) is 17.4. The normalized spacial score (nSPS) is 17.2. The fraction of sp³-hybridized carbons (Fsp3) is 0.250. The summed E-state index contributed by atoms with van der Waals surface area (Å²) in [6.07, 6.45) is 5.44. The zero-order valence-corrected chi connectivity index (χ0v) is 13.9. The van der Waals surface area contributed by atoms with Crippen LogP contribution in [0.5, 0.6) is 0 Å². The molecule has 3 heterocycles. The van der Waals surface area contributed by atoms with Gasteiger partial charge in [0, 0.05) is 36.1 Å². The topological polar surface area (TPSA) is 46.1 Å². The number of benzene rings is 1. The summed E-state index contributed by atoms with van der Waals surface area (Å²) in [6.45, 7) is 2.53. The zero-order valence-electron chi connectivity index (χ0n) is 13.9. The molecular weight excluding hydrogens is 317 g/mol. The van der Waals surface area contributed by atoms with E-state index in [1.807, 2.05) is 30.2 Å². The third kappa shape index (κ3) is 2.86. The summed E-state index contributed by atoms with van der Waals surface area (Å²) in [5, 5.41) is 0.689. The largest absolute Gasteiger partial charge is 0.332 e. The number of fused-ring (bicyclic) bond motifs is 1. The Labute approximate surface area is 145 Å². The van der Waals surface area contributed by atoms with Gasteiger partial charge in [0.15, 0.2) is 0 Å². The number of rotatable bonds is 2. The second-order valence-corrected chi connectivity index (χ2v) is 6.42. The number of likely N-dealkylation sites (tertiary alicyclic amines) is 1. The summed E-state index contributed by atoms with van der Waals surface area (Å²) in [7, 11) is 0. The second kappa shape index (κ2) is 6.24. The molecule has 0 saturated carbocycles. The van der Waals surface area contributed by atoms with E-state index < -0.39 is 0 Å². The highest BCUT2D eigenvalue weighted by molar-refractivity contribution is 6.06. The number of pyridine rings is 2. The lowest BCUT2D eigenvalue weighted by Crippen LogP contribution is -2.31. The van der Waals surface area contributed by atoms with Gasteiger partial charge in [0.25, 0.3) is 5.91 Å². The standard InChI is InChI=1S/C20H18FN3O/c1-13-10-17(16-7-6-15(21)11-18(16)23-13)20(25)24-9-3-5-19(24)14-4-2-8-22-12-14/h2,4,6-8,10-12,19H,3,5,9H2,1H3/t19-/m1/s1. The Bertz CT molecular complexity index is 937. The SMILES string of the molecule is Cc1cc(C(=O)N2CCC[C@@H]2c2cccnc2)c2ccc(F)cc2n1. The molecule has 0 radical (unpaired) electrons. The lowest BCUT2D eigenvalue weighted by Gasteiger charge is -2.25. The van der Waals surface area contributed by atoms with Gasteiger partial charge in [0.2, 0.25) is 0 Å². The Hall–Kier alpha value is -2.82. The van der Waals surface area contributed by atoms with Gasteiger partial charge in [-0.15, -0.1) is 0 Å². The van der Waals surface area contributed by atoms with Crippen LogP contribution in [0.1, 0.15) is 40.5 Å². The number of hydrogen-bond acceptors (Lipinski definition) is 3. The van der Waals surface area contributed by atoms with Crippen LogP contribution in [0.25, 0.3) is 10.9 Å². The van der Waals surface area contributed by atoms with Crippen molar-refractivity contribution < 1.29 is 9.18 Å². The van der Waals surface area contributed by atoms with Crippen molar-refractivity contribution in [3.63, 3.8) is 0 Å². The molecule has 0 unspecified atom stereocenters.